The maximum Gasteiger partial charge on any atom is 0.220 e. The Morgan fingerprint density at radius 3 is 2.83 bits per heavy atom. The largest absolute Gasteiger partial charge is 0.469 e. The number of likely N-dealkylation sites (tertiary alicyclic amines) is 1. The Hall–Kier alpha value is -2.07. The fourth-order valence-corrected chi connectivity index (χ4v) is 3.30. The van der Waals surface area contributed by atoms with Crippen molar-refractivity contribution in [1.82, 2.24) is 10.2 Å². The van der Waals surface area contributed by atoms with E-state index in [2.05, 4.69) is 40.5 Å². The second-order valence-corrected chi connectivity index (χ2v) is 6.52. The van der Waals surface area contributed by atoms with Gasteiger partial charge in [-0.2, -0.15) is 0 Å². The first-order chi connectivity index (χ1) is 11.8. The zero-order valence-electron chi connectivity index (χ0n) is 14.1. The molecular weight excluding hydrogens is 300 g/mol. The van der Waals surface area contributed by atoms with Crippen molar-refractivity contribution < 1.29 is 9.21 Å². The van der Waals surface area contributed by atoms with Crippen molar-refractivity contribution >= 4 is 5.91 Å². The highest BCUT2D eigenvalue weighted by Crippen LogP contribution is 2.12. The van der Waals surface area contributed by atoms with Gasteiger partial charge in [0.2, 0.25) is 5.91 Å². The molecule has 1 saturated heterocycles. The second kappa shape index (κ2) is 8.69. The van der Waals surface area contributed by atoms with E-state index in [1.54, 1.807) is 6.26 Å². The van der Waals surface area contributed by atoms with Gasteiger partial charge in [-0.05, 0) is 43.5 Å². The zero-order chi connectivity index (χ0) is 16.6. The van der Waals surface area contributed by atoms with Gasteiger partial charge >= 0.3 is 0 Å². The molecule has 1 aliphatic heterocycles. The van der Waals surface area contributed by atoms with Crippen LogP contribution < -0.4 is 5.32 Å². The summed E-state index contributed by atoms with van der Waals surface area (Å²) in [6.45, 7) is 3.15. The monoisotopic (exact) mass is 326 g/mol. The SMILES string of the molecule is O=C(CCc1ccco1)NC1CCCN(CCc2ccccc2)C1. The topological polar surface area (TPSA) is 45.5 Å². The molecule has 1 aromatic heterocycles. The van der Waals surface area contributed by atoms with E-state index >= 15 is 0 Å². The molecule has 1 N–H and O–H groups in total. The van der Waals surface area contributed by atoms with E-state index in [4.69, 9.17) is 4.42 Å². The molecule has 24 heavy (non-hydrogen) atoms. The fraction of sp³-hybridized carbons (Fsp3) is 0.450. The van der Waals surface area contributed by atoms with Gasteiger partial charge in [-0.15, -0.1) is 0 Å². The van der Waals surface area contributed by atoms with Gasteiger partial charge in [-0.25, -0.2) is 0 Å². The average molecular weight is 326 g/mol. The molecule has 1 atom stereocenters. The van der Waals surface area contributed by atoms with Crippen molar-refractivity contribution in [3.05, 3.63) is 60.1 Å². The number of aryl methyl sites for hydroxylation is 1. The first-order valence-electron chi connectivity index (χ1n) is 8.87. The zero-order valence-corrected chi connectivity index (χ0v) is 14.1. The summed E-state index contributed by atoms with van der Waals surface area (Å²) in [5.74, 6) is 1.000. The summed E-state index contributed by atoms with van der Waals surface area (Å²) in [6, 6.07) is 14.6. The Balaban J connectivity index is 1.39. The Morgan fingerprint density at radius 1 is 1.17 bits per heavy atom. The molecule has 1 aromatic carbocycles. The molecule has 1 unspecified atom stereocenters. The van der Waals surface area contributed by atoms with Crippen molar-refractivity contribution in [2.24, 2.45) is 0 Å². The molecule has 1 aliphatic rings. The molecule has 2 heterocycles. The van der Waals surface area contributed by atoms with Crippen molar-refractivity contribution in [1.29, 1.82) is 0 Å². The lowest BCUT2D eigenvalue weighted by Gasteiger charge is -2.33. The molecule has 128 valence electrons. The summed E-state index contributed by atoms with van der Waals surface area (Å²) >= 11 is 0. The van der Waals surface area contributed by atoms with Gasteiger partial charge in [0.25, 0.3) is 0 Å². The molecule has 1 fully saturated rings. The van der Waals surface area contributed by atoms with E-state index < -0.39 is 0 Å². The predicted molar refractivity (Wildman–Crippen MR) is 94.8 cm³/mol. The molecular formula is C20H26N2O2. The predicted octanol–water partition coefficient (Wildman–Crippen LogP) is 3.04. The summed E-state index contributed by atoms with van der Waals surface area (Å²) in [7, 11) is 0. The molecule has 4 heteroatoms. The number of piperidine rings is 1. The van der Waals surface area contributed by atoms with E-state index in [-0.39, 0.29) is 11.9 Å². The summed E-state index contributed by atoms with van der Waals surface area (Å²) < 4.78 is 5.28. The van der Waals surface area contributed by atoms with Crippen molar-refractivity contribution in [3.8, 4) is 0 Å². The number of nitrogens with one attached hydrogen (secondary N) is 1. The van der Waals surface area contributed by atoms with Crippen LogP contribution in [0, 0.1) is 0 Å². The van der Waals surface area contributed by atoms with E-state index in [0.717, 1.165) is 44.7 Å². The number of hydrogen-bond donors (Lipinski definition) is 1. The molecule has 0 saturated carbocycles. The molecule has 1 amide bonds. The van der Waals surface area contributed by atoms with Crippen molar-refractivity contribution in [2.45, 2.75) is 38.1 Å². The number of nitrogens with zero attached hydrogens (tertiary/aromatic N) is 1. The molecule has 0 radical (unpaired) electrons. The molecule has 0 bridgehead atoms. The van der Waals surface area contributed by atoms with Crippen LogP contribution in [0.3, 0.4) is 0 Å². The van der Waals surface area contributed by atoms with Crippen LogP contribution >= 0.6 is 0 Å². The Kier molecular flexibility index (Phi) is 6.07. The smallest absolute Gasteiger partial charge is 0.220 e. The van der Waals surface area contributed by atoms with Gasteiger partial charge in [-0.1, -0.05) is 30.3 Å². The van der Waals surface area contributed by atoms with Gasteiger partial charge in [0, 0.05) is 32.0 Å². The summed E-state index contributed by atoms with van der Waals surface area (Å²) in [6.07, 6.45) is 6.11. The number of benzene rings is 1. The van der Waals surface area contributed by atoms with Crippen LogP contribution in [0.15, 0.2) is 53.1 Å². The van der Waals surface area contributed by atoms with E-state index in [1.807, 2.05) is 12.1 Å². The standard InChI is InChI=1S/C20H26N2O2/c23-20(11-10-19-9-5-15-24-19)21-18-8-4-13-22(16-18)14-12-17-6-2-1-3-7-17/h1-3,5-7,9,15,18H,4,8,10-14,16H2,(H,21,23). The number of rotatable bonds is 7. The first-order valence-corrected chi connectivity index (χ1v) is 8.87. The fourth-order valence-electron chi connectivity index (χ4n) is 3.30. The number of amides is 1. The molecule has 0 aliphatic carbocycles. The maximum atomic E-state index is 12.1. The van der Waals surface area contributed by atoms with Gasteiger partial charge in [-0.3, -0.25) is 4.79 Å². The van der Waals surface area contributed by atoms with Crippen molar-refractivity contribution in [2.75, 3.05) is 19.6 Å². The summed E-state index contributed by atoms with van der Waals surface area (Å²) in [4.78, 5) is 14.6. The highest BCUT2D eigenvalue weighted by atomic mass is 16.3. The highest BCUT2D eigenvalue weighted by molar-refractivity contribution is 5.76. The van der Waals surface area contributed by atoms with Crippen LogP contribution in [0.1, 0.15) is 30.6 Å². The minimum absolute atomic E-state index is 0.126. The minimum Gasteiger partial charge on any atom is -0.469 e. The average Bonchev–Trinajstić information content (AvgIpc) is 3.13. The molecule has 4 nitrogen and oxygen atoms in total. The van der Waals surface area contributed by atoms with Crippen LogP contribution in [0.5, 0.6) is 0 Å². The number of furan rings is 1. The highest BCUT2D eigenvalue weighted by Gasteiger charge is 2.21. The van der Waals surface area contributed by atoms with Crippen LogP contribution in [-0.4, -0.2) is 36.5 Å². The van der Waals surface area contributed by atoms with E-state index in [9.17, 15) is 4.79 Å². The lowest BCUT2D eigenvalue weighted by molar-refractivity contribution is -0.122. The van der Waals surface area contributed by atoms with Crippen molar-refractivity contribution in [3.63, 3.8) is 0 Å². The Labute approximate surface area is 143 Å². The minimum atomic E-state index is 0.126. The molecule has 3 rings (SSSR count). The lowest BCUT2D eigenvalue weighted by Crippen LogP contribution is -2.48. The quantitative estimate of drug-likeness (QED) is 0.850. The number of carbonyl (C=O) groups excluding carboxylic acids is 1. The van der Waals surface area contributed by atoms with Crippen LogP contribution in [0.4, 0.5) is 0 Å². The van der Waals surface area contributed by atoms with Gasteiger partial charge in [0.1, 0.15) is 5.76 Å². The van der Waals surface area contributed by atoms with Crippen LogP contribution in [0.2, 0.25) is 0 Å². The van der Waals surface area contributed by atoms with Gasteiger partial charge in [0.15, 0.2) is 0 Å². The molecule has 0 spiro atoms. The lowest BCUT2D eigenvalue weighted by atomic mass is 10.0. The Bertz CT molecular complexity index is 610. The number of hydrogen-bond acceptors (Lipinski definition) is 3. The third-order valence-electron chi connectivity index (χ3n) is 4.61. The first kappa shape index (κ1) is 16.8. The third kappa shape index (κ3) is 5.24. The van der Waals surface area contributed by atoms with E-state index in [1.165, 1.54) is 5.56 Å². The molecule has 2 aromatic rings. The normalized spacial score (nSPS) is 18.4. The summed E-state index contributed by atoms with van der Waals surface area (Å²) in [5, 5.41) is 3.19. The van der Waals surface area contributed by atoms with E-state index in [0.29, 0.717) is 12.8 Å². The summed E-state index contributed by atoms with van der Waals surface area (Å²) in [5.41, 5.74) is 1.38. The van der Waals surface area contributed by atoms with Crippen LogP contribution in [0.25, 0.3) is 0 Å². The van der Waals surface area contributed by atoms with Gasteiger partial charge in [0.05, 0.1) is 6.26 Å². The van der Waals surface area contributed by atoms with Gasteiger partial charge < -0.3 is 14.6 Å². The maximum absolute atomic E-state index is 12.1. The van der Waals surface area contributed by atoms with Crippen LogP contribution in [-0.2, 0) is 17.6 Å². The third-order valence-corrected chi connectivity index (χ3v) is 4.61. The number of carbonyl (C=O) groups is 1. The Morgan fingerprint density at radius 2 is 2.04 bits per heavy atom. The second-order valence-electron chi connectivity index (χ2n) is 6.52.